The van der Waals surface area contributed by atoms with E-state index < -0.39 is 6.10 Å². The normalized spacial score (nSPS) is 12.6. The highest BCUT2D eigenvalue weighted by atomic mass is 16.6. The third-order valence-corrected chi connectivity index (χ3v) is 10.9. The molecule has 0 N–H and O–H groups in total. The Labute approximate surface area is 382 Å². The zero-order valence-electron chi connectivity index (χ0n) is 40.6. The first-order valence-electron chi connectivity index (χ1n) is 25.9. The third kappa shape index (κ3) is 47.9. The predicted octanol–water partition coefficient (Wildman–Crippen LogP) is 17.0. The smallest absolute Gasteiger partial charge is 0.306 e. The van der Waals surface area contributed by atoms with Crippen LogP contribution >= 0.6 is 0 Å². The fourth-order valence-corrected chi connectivity index (χ4v) is 7.02. The summed E-state index contributed by atoms with van der Waals surface area (Å²) in [6, 6.07) is 0. The first-order valence-corrected chi connectivity index (χ1v) is 25.9. The van der Waals surface area contributed by atoms with Gasteiger partial charge in [0.25, 0.3) is 0 Å². The minimum Gasteiger partial charge on any atom is -0.462 e. The van der Waals surface area contributed by atoms with Crippen molar-refractivity contribution in [3.63, 3.8) is 0 Å². The van der Waals surface area contributed by atoms with Crippen LogP contribution in [-0.4, -0.2) is 37.2 Å². The molecule has 0 amide bonds. The summed E-state index contributed by atoms with van der Waals surface area (Å²) in [4.78, 5) is 37.9. The molecule has 62 heavy (non-hydrogen) atoms. The summed E-state index contributed by atoms with van der Waals surface area (Å²) in [5, 5.41) is 0. The summed E-state index contributed by atoms with van der Waals surface area (Å²) in [7, 11) is 0. The molecular formula is C56H96O6. The highest BCUT2D eigenvalue weighted by Crippen LogP contribution is 2.14. The Bertz CT molecular complexity index is 1180. The van der Waals surface area contributed by atoms with Crippen LogP contribution in [0.15, 0.2) is 72.9 Å². The van der Waals surface area contributed by atoms with E-state index >= 15 is 0 Å². The zero-order valence-corrected chi connectivity index (χ0v) is 40.6. The molecule has 0 aliphatic carbocycles. The van der Waals surface area contributed by atoms with Gasteiger partial charge in [-0.25, -0.2) is 0 Å². The van der Waals surface area contributed by atoms with E-state index in [1.807, 2.05) is 0 Å². The molecule has 0 heterocycles. The van der Waals surface area contributed by atoms with Gasteiger partial charge in [-0.05, 0) is 103 Å². The van der Waals surface area contributed by atoms with E-state index in [0.29, 0.717) is 19.3 Å². The Morgan fingerprint density at radius 2 is 0.661 bits per heavy atom. The molecule has 6 heteroatoms. The van der Waals surface area contributed by atoms with Crippen LogP contribution in [0.2, 0.25) is 0 Å². The number of ether oxygens (including phenoxy) is 3. The van der Waals surface area contributed by atoms with Gasteiger partial charge in [0, 0.05) is 19.3 Å². The van der Waals surface area contributed by atoms with Crippen molar-refractivity contribution in [1.82, 2.24) is 0 Å². The maximum atomic E-state index is 12.8. The number of carbonyl (C=O) groups is 3. The van der Waals surface area contributed by atoms with E-state index in [9.17, 15) is 14.4 Å². The Morgan fingerprint density at radius 3 is 1.06 bits per heavy atom. The number of rotatable bonds is 46. The molecule has 1 unspecified atom stereocenters. The quantitative estimate of drug-likeness (QED) is 0.0262. The molecule has 0 aromatic carbocycles. The number of hydrogen-bond donors (Lipinski definition) is 0. The van der Waals surface area contributed by atoms with E-state index in [-0.39, 0.29) is 31.1 Å². The number of esters is 3. The van der Waals surface area contributed by atoms with Crippen molar-refractivity contribution in [2.75, 3.05) is 13.2 Å². The second-order valence-electron chi connectivity index (χ2n) is 17.0. The van der Waals surface area contributed by atoms with Crippen LogP contribution in [0.1, 0.15) is 245 Å². The fourth-order valence-electron chi connectivity index (χ4n) is 7.02. The topological polar surface area (TPSA) is 78.9 Å². The van der Waals surface area contributed by atoms with E-state index in [1.165, 1.54) is 96.3 Å². The number of unbranched alkanes of at least 4 members (excludes halogenated alkanes) is 23. The summed E-state index contributed by atoms with van der Waals surface area (Å²) in [5.74, 6) is -0.913. The molecule has 6 nitrogen and oxygen atoms in total. The van der Waals surface area contributed by atoms with Gasteiger partial charge in [0.1, 0.15) is 13.2 Å². The molecule has 0 aliphatic rings. The number of allylic oxidation sites excluding steroid dienone is 12. The van der Waals surface area contributed by atoms with Gasteiger partial charge in [0.2, 0.25) is 0 Å². The highest BCUT2D eigenvalue weighted by molar-refractivity contribution is 5.71. The standard InChI is InChI=1S/C56H96O6/c1-4-7-10-13-16-19-22-24-26-28-30-32-34-37-40-43-46-49-55(58)61-52-53(51-60-54(57)48-45-42-39-36-21-18-15-12-9-6-3)62-56(59)50-47-44-41-38-35-33-31-29-27-25-23-20-17-14-11-8-5-2/h7,10,12,15-17,19-20,24-27,53H,4-6,8-9,11,13-14,18,21-23,28-52H2,1-3H3/b10-7-,15-12-,19-16-,20-17-,26-24-,27-25-. The SMILES string of the molecule is CC/C=C\C/C=C\C/C=C\CCCCCCCCCC(=O)OCC(COC(=O)CCCCCCC/C=C\CCC)OC(=O)CCCCCCCCC/C=C\C/C=C\CCCCC. The molecule has 0 saturated heterocycles. The van der Waals surface area contributed by atoms with Gasteiger partial charge in [0.15, 0.2) is 6.10 Å². The van der Waals surface area contributed by atoms with Crippen LogP contribution in [0.4, 0.5) is 0 Å². The molecular weight excluding hydrogens is 769 g/mol. The van der Waals surface area contributed by atoms with Crippen LogP contribution in [0, 0.1) is 0 Å². The van der Waals surface area contributed by atoms with Crippen LogP contribution < -0.4 is 0 Å². The summed E-state index contributed by atoms with van der Waals surface area (Å²) in [6.07, 6.45) is 63.1. The zero-order chi connectivity index (χ0) is 45.1. The minimum absolute atomic E-state index is 0.0866. The molecule has 0 aliphatic heterocycles. The van der Waals surface area contributed by atoms with Gasteiger partial charge in [-0.1, -0.05) is 196 Å². The van der Waals surface area contributed by atoms with Gasteiger partial charge in [-0.3, -0.25) is 14.4 Å². The second kappa shape index (κ2) is 50.5. The van der Waals surface area contributed by atoms with E-state index in [1.54, 1.807) is 0 Å². The van der Waals surface area contributed by atoms with Gasteiger partial charge < -0.3 is 14.2 Å². The first kappa shape index (κ1) is 58.9. The molecule has 0 bridgehead atoms. The molecule has 0 radical (unpaired) electrons. The minimum atomic E-state index is -0.786. The second-order valence-corrected chi connectivity index (χ2v) is 17.0. The lowest BCUT2D eigenvalue weighted by molar-refractivity contribution is -0.167. The molecule has 0 aromatic heterocycles. The number of carbonyl (C=O) groups excluding carboxylic acids is 3. The van der Waals surface area contributed by atoms with Gasteiger partial charge >= 0.3 is 17.9 Å². The van der Waals surface area contributed by atoms with Crippen molar-refractivity contribution >= 4 is 17.9 Å². The molecule has 0 fully saturated rings. The summed E-state index contributed by atoms with van der Waals surface area (Å²) >= 11 is 0. The highest BCUT2D eigenvalue weighted by Gasteiger charge is 2.19. The molecule has 0 spiro atoms. The van der Waals surface area contributed by atoms with Crippen LogP contribution in [0.3, 0.4) is 0 Å². The molecule has 0 rings (SSSR count). The summed E-state index contributed by atoms with van der Waals surface area (Å²) in [6.45, 7) is 6.42. The average Bonchev–Trinajstić information content (AvgIpc) is 3.27. The number of hydrogen-bond acceptors (Lipinski definition) is 6. The van der Waals surface area contributed by atoms with Gasteiger partial charge in [0.05, 0.1) is 0 Å². The van der Waals surface area contributed by atoms with Gasteiger partial charge in [-0.2, -0.15) is 0 Å². The maximum absolute atomic E-state index is 12.8. The van der Waals surface area contributed by atoms with E-state index in [0.717, 1.165) is 109 Å². The third-order valence-electron chi connectivity index (χ3n) is 10.9. The van der Waals surface area contributed by atoms with E-state index in [4.69, 9.17) is 14.2 Å². The Balaban J connectivity index is 4.37. The average molecular weight is 865 g/mol. The molecule has 356 valence electrons. The summed E-state index contributed by atoms with van der Waals surface area (Å²) < 4.78 is 16.8. The van der Waals surface area contributed by atoms with E-state index in [2.05, 4.69) is 93.7 Å². The lowest BCUT2D eigenvalue weighted by Crippen LogP contribution is -2.30. The monoisotopic (exact) mass is 865 g/mol. The Kier molecular flexibility index (Phi) is 47.9. The lowest BCUT2D eigenvalue weighted by Gasteiger charge is -2.18. The van der Waals surface area contributed by atoms with Crippen LogP contribution in [0.25, 0.3) is 0 Å². The Morgan fingerprint density at radius 1 is 0.339 bits per heavy atom. The fraction of sp³-hybridized carbons (Fsp3) is 0.732. The Hall–Kier alpha value is -3.15. The largest absolute Gasteiger partial charge is 0.462 e. The van der Waals surface area contributed by atoms with Crippen molar-refractivity contribution < 1.29 is 28.6 Å². The van der Waals surface area contributed by atoms with Crippen LogP contribution in [-0.2, 0) is 28.6 Å². The molecule has 0 aromatic rings. The maximum Gasteiger partial charge on any atom is 0.306 e. The molecule has 1 atom stereocenters. The van der Waals surface area contributed by atoms with Crippen molar-refractivity contribution in [2.24, 2.45) is 0 Å². The van der Waals surface area contributed by atoms with Crippen molar-refractivity contribution in [1.29, 1.82) is 0 Å². The van der Waals surface area contributed by atoms with Crippen LogP contribution in [0.5, 0.6) is 0 Å². The van der Waals surface area contributed by atoms with Crippen molar-refractivity contribution in [3.05, 3.63) is 72.9 Å². The molecule has 0 saturated carbocycles. The van der Waals surface area contributed by atoms with Gasteiger partial charge in [-0.15, -0.1) is 0 Å². The van der Waals surface area contributed by atoms with Crippen molar-refractivity contribution in [2.45, 2.75) is 252 Å². The first-order chi connectivity index (χ1) is 30.5. The van der Waals surface area contributed by atoms with Crippen molar-refractivity contribution in [3.8, 4) is 0 Å². The summed E-state index contributed by atoms with van der Waals surface area (Å²) in [5.41, 5.74) is 0. The predicted molar refractivity (Wildman–Crippen MR) is 265 cm³/mol. The lowest BCUT2D eigenvalue weighted by atomic mass is 10.1.